The van der Waals surface area contributed by atoms with Crippen LogP contribution in [0.25, 0.3) is 5.82 Å². The first kappa shape index (κ1) is 16.7. The van der Waals surface area contributed by atoms with Gasteiger partial charge in [-0.25, -0.2) is 9.67 Å². The molecule has 1 aromatic carbocycles. The minimum Gasteiger partial charge on any atom is -0.352 e. The van der Waals surface area contributed by atoms with Crippen LogP contribution in [0.1, 0.15) is 16.7 Å². The molecule has 0 radical (unpaired) electrons. The van der Waals surface area contributed by atoms with Gasteiger partial charge in [-0.2, -0.15) is 5.10 Å². The van der Waals surface area contributed by atoms with E-state index in [4.69, 9.17) is 0 Å². The van der Waals surface area contributed by atoms with Gasteiger partial charge >= 0.3 is 0 Å². The molecule has 0 saturated heterocycles. The minimum absolute atomic E-state index is 0.657. The Morgan fingerprint density at radius 3 is 2.52 bits per heavy atom. The molecule has 0 aliphatic carbocycles. The lowest BCUT2D eigenvalue weighted by Gasteiger charge is -2.12. The molecule has 0 aliphatic heterocycles. The third kappa shape index (κ3) is 4.67. The van der Waals surface area contributed by atoms with Crippen molar-refractivity contribution in [1.29, 1.82) is 0 Å². The number of aryl methyl sites for hydroxylation is 1. The highest BCUT2D eigenvalue weighted by atomic mass is 15.3. The average Bonchev–Trinajstić information content (AvgIpc) is 3.17. The molecule has 25 heavy (non-hydrogen) atoms. The number of aromatic nitrogens is 3. The Morgan fingerprint density at radius 1 is 1.04 bits per heavy atom. The van der Waals surface area contributed by atoms with Gasteiger partial charge in [0, 0.05) is 38.7 Å². The highest BCUT2D eigenvalue weighted by Crippen LogP contribution is 2.06. The van der Waals surface area contributed by atoms with Crippen molar-refractivity contribution in [3.63, 3.8) is 0 Å². The van der Waals surface area contributed by atoms with E-state index in [1.165, 1.54) is 11.1 Å². The van der Waals surface area contributed by atoms with Crippen molar-refractivity contribution in [2.75, 3.05) is 7.05 Å². The van der Waals surface area contributed by atoms with Crippen molar-refractivity contribution < 1.29 is 0 Å². The van der Waals surface area contributed by atoms with Crippen molar-refractivity contribution in [3.05, 3.63) is 77.7 Å². The van der Waals surface area contributed by atoms with Gasteiger partial charge in [-0.05, 0) is 36.2 Å². The molecule has 128 valence electrons. The SMILES string of the molecule is CN=C(NCc1cccc(C)c1)NCc1ccnc(-n2cccn2)c1. The molecule has 3 aromatic rings. The van der Waals surface area contributed by atoms with Crippen molar-refractivity contribution >= 4 is 5.96 Å². The second-order valence-corrected chi connectivity index (χ2v) is 5.74. The molecule has 2 aromatic heterocycles. The second kappa shape index (κ2) is 8.10. The third-order valence-corrected chi connectivity index (χ3v) is 3.78. The highest BCUT2D eigenvalue weighted by molar-refractivity contribution is 5.79. The Kier molecular flexibility index (Phi) is 5.41. The molecule has 2 N–H and O–H groups in total. The zero-order valence-corrected chi connectivity index (χ0v) is 14.5. The Bertz CT molecular complexity index is 839. The van der Waals surface area contributed by atoms with Crippen LogP contribution >= 0.6 is 0 Å². The molecule has 0 aliphatic rings. The number of hydrogen-bond donors (Lipinski definition) is 2. The molecule has 0 spiro atoms. The number of guanidine groups is 1. The van der Waals surface area contributed by atoms with Gasteiger partial charge < -0.3 is 10.6 Å². The standard InChI is InChI=1S/C19H22N6/c1-15-5-3-6-16(11-15)13-22-19(20-2)23-14-17-7-9-21-18(12-17)25-10-4-8-24-25/h3-12H,13-14H2,1-2H3,(H2,20,22,23). The summed E-state index contributed by atoms with van der Waals surface area (Å²) in [5.74, 6) is 1.56. The largest absolute Gasteiger partial charge is 0.352 e. The normalized spacial score (nSPS) is 11.4. The molecule has 0 bridgehead atoms. The van der Waals surface area contributed by atoms with Gasteiger partial charge in [0.25, 0.3) is 0 Å². The Hall–Kier alpha value is -3.15. The first-order valence-electron chi connectivity index (χ1n) is 8.19. The predicted octanol–water partition coefficient (Wildman–Crippen LogP) is 2.44. The fourth-order valence-corrected chi connectivity index (χ4v) is 2.51. The van der Waals surface area contributed by atoms with E-state index in [2.05, 4.69) is 56.9 Å². The summed E-state index contributed by atoms with van der Waals surface area (Å²) in [5.41, 5.74) is 3.59. The zero-order chi connectivity index (χ0) is 17.5. The van der Waals surface area contributed by atoms with Gasteiger partial charge in [0.2, 0.25) is 0 Å². The number of nitrogens with zero attached hydrogens (tertiary/aromatic N) is 4. The van der Waals surface area contributed by atoms with Gasteiger partial charge in [-0.1, -0.05) is 29.8 Å². The molecule has 6 nitrogen and oxygen atoms in total. The summed E-state index contributed by atoms with van der Waals surface area (Å²) >= 11 is 0. The van der Waals surface area contributed by atoms with E-state index < -0.39 is 0 Å². The molecule has 2 heterocycles. The molecule has 0 atom stereocenters. The first-order chi connectivity index (χ1) is 12.2. The van der Waals surface area contributed by atoms with Crippen molar-refractivity contribution in [1.82, 2.24) is 25.4 Å². The number of benzene rings is 1. The fourth-order valence-electron chi connectivity index (χ4n) is 2.51. The number of hydrogen-bond acceptors (Lipinski definition) is 3. The van der Waals surface area contributed by atoms with Crippen LogP contribution in [-0.4, -0.2) is 27.8 Å². The van der Waals surface area contributed by atoms with E-state index in [1.54, 1.807) is 24.1 Å². The summed E-state index contributed by atoms with van der Waals surface area (Å²) in [4.78, 5) is 8.61. The van der Waals surface area contributed by atoms with Gasteiger partial charge in [-0.15, -0.1) is 0 Å². The Morgan fingerprint density at radius 2 is 1.84 bits per heavy atom. The number of pyridine rings is 1. The molecular weight excluding hydrogens is 312 g/mol. The van der Waals surface area contributed by atoms with Gasteiger partial charge in [0.1, 0.15) is 0 Å². The number of nitrogens with one attached hydrogen (secondary N) is 2. The van der Waals surface area contributed by atoms with E-state index in [9.17, 15) is 0 Å². The second-order valence-electron chi connectivity index (χ2n) is 5.74. The molecule has 3 rings (SSSR count). The minimum atomic E-state index is 0.657. The van der Waals surface area contributed by atoms with Crippen LogP contribution < -0.4 is 10.6 Å². The molecule has 6 heteroatoms. The maximum Gasteiger partial charge on any atom is 0.191 e. The maximum absolute atomic E-state index is 4.34. The lowest BCUT2D eigenvalue weighted by atomic mass is 10.1. The third-order valence-electron chi connectivity index (χ3n) is 3.78. The van der Waals surface area contributed by atoms with Gasteiger partial charge in [0.05, 0.1) is 0 Å². The average molecular weight is 334 g/mol. The van der Waals surface area contributed by atoms with Crippen LogP contribution in [0, 0.1) is 6.92 Å². The number of rotatable bonds is 5. The highest BCUT2D eigenvalue weighted by Gasteiger charge is 2.02. The zero-order valence-electron chi connectivity index (χ0n) is 14.5. The van der Waals surface area contributed by atoms with Crippen molar-refractivity contribution in [2.45, 2.75) is 20.0 Å². The molecule has 0 unspecified atom stereocenters. The summed E-state index contributed by atoms with van der Waals surface area (Å²) in [5, 5.41) is 10.9. The van der Waals surface area contributed by atoms with E-state index in [0.717, 1.165) is 23.9 Å². The van der Waals surface area contributed by atoms with E-state index in [0.29, 0.717) is 6.54 Å². The van der Waals surface area contributed by atoms with Crippen LogP contribution in [0.15, 0.2) is 66.0 Å². The van der Waals surface area contributed by atoms with Gasteiger partial charge in [0.15, 0.2) is 11.8 Å². The smallest absolute Gasteiger partial charge is 0.191 e. The summed E-state index contributed by atoms with van der Waals surface area (Å²) in [6.45, 7) is 3.48. The lowest BCUT2D eigenvalue weighted by Crippen LogP contribution is -2.36. The summed E-state index contributed by atoms with van der Waals surface area (Å²) < 4.78 is 1.74. The fraction of sp³-hybridized carbons (Fsp3) is 0.211. The van der Waals surface area contributed by atoms with E-state index >= 15 is 0 Å². The molecule has 0 fully saturated rings. The molecule has 0 amide bonds. The summed E-state index contributed by atoms with van der Waals surface area (Å²) in [6.07, 6.45) is 5.41. The number of aliphatic imine (C=N–C) groups is 1. The van der Waals surface area contributed by atoms with Gasteiger partial charge in [-0.3, -0.25) is 4.99 Å². The van der Waals surface area contributed by atoms with Crippen molar-refractivity contribution in [3.8, 4) is 5.82 Å². The first-order valence-corrected chi connectivity index (χ1v) is 8.19. The van der Waals surface area contributed by atoms with Crippen LogP contribution in [0.3, 0.4) is 0 Å². The van der Waals surface area contributed by atoms with Crippen molar-refractivity contribution in [2.24, 2.45) is 4.99 Å². The molecular formula is C19H22N6. The topological polar surface area (TPSA) is 67.1 Å². The maximum atomic E-state index is 4.34. The predicted molar refractivity (Wildman–Crippen MR) is 99.6 cm³/mol. The Labute approximate surface area is 147 Å². The van der Waals surface area contributed by atoms with E-state index in [-0.39, 0.29) is 0 Å². The quantitative estimate of drug-likeness (QED) is 0.555. The summed E-state index contributed by atoms with van der Waals surface area (Å²) in [7, 11) is 1.77. The lowest BCUT2D eigenvalue weighted by molar-refractivity contribution is 0.800. The van der Waals surface area contributed by atoms with Crippen LogP contribution in [0.4, 0.5) is 0 Å². The monoisotopic (exact) mass is 334 g/mol. The Balaban J connectivity index is 1.57. The van der Waals surface area contributed by atoms with Crippen LogP contribution in [-0.2, 0) is 13.1 Å². The van der Waals surface area contributed by atoms with Crippen LogP contribution in [0.2, 0.25) is 0 Å². The van der Waals surface area contributed by atoms with Crippen LogP contribution in [0.5, 0.6) is 0 Å². The molecule has 0 saturated carbocycles. The van der Waals surface area contributed by atoms with E-state index in [1.807, 2.05) is 24.4 Å². The summed E-state index contributed by atoms with van der Waals surface area (Å²) in [6, 6.07) is 14.3.